The minimum atomic E-state index is 0.0440. The number of hydrogen-bond acceptors (Lipinski definition) is 5. The van der Waals surface area contributed by atoms with Gasteiger partial charge in [0.2, 0.25) is 0 Å². The van der Waals surface area contributed by atoms with Gasteiger partial charge in [0.25, 0.3) is 5.91 Å². The summed E-state index contributed by atoms with van der Waals surface area (Å²) in [5.74, 6) is 1.37. The third-order valence-electron chi connectivity index (χ3n) is 4.70. The van der Waals surface area contributed by atoms with E-state index < -0.39 is 0 Å². The van der Waals surface area contributed by atoms with Gasteiger partial charge < -0.3 is 10.2 Å². The number of aromatic nitrogens is 3. The highest BCUT2D eigenvalue weighted by Gasteiger charge is 2.22. The fraction of sp³-hybridized carbons (Fsp3) is 0.474. The lowest BCUT2D eigenvalue weighted by Crippen LogP contribution is -2.32. The van der Waals surface area contributed by atoms with E-state index in [0.29, 0.717) is 11.6 Å². The van der Waals surface area contributed by atoms with Gasteiger partial charge in [0, 0.05) is 25.8 Å². The summed E-state index contributed by atoms with van der Waals surface area (Å²) in [6.07, 6.45) is 7.65. The van der Waals surface area contributed by atoms with E-state index in [1.807, 2.05) is 37.2 Å². The van der Waals surface area contributed by atoms with E-state index in [9.17, 15) is 4.79 Å². The molecule has 0 radical (unpaired) electrons. The molecule has 2 aromatic heterocycles. The number of carbonyl (C=O) groups is 1. The zero-order chi connectivity index (χ0) is 17.6. The van der Waals surface area contributed by atoms with Crippen molar-refractivity contribution in [1.29, 1.82) is 0 Å². The summed E-state index contributed by atoms with van der Waals surface area (Å²) < 4.78 is 0. The Morgan fingerprint density at radius 1 is 1.24 bits per heavy atom. The van der Waals surface area contributed by atoms with E-state index in [1.54, 1.807) is 12.3 Å². The summed E-state index contributed by atoms with van der Waals surface area (Å²) in [7, 11) is 1.84. The summed E-state index contributed by atoms with van der Waals surface area (Å²) in [6.45, 7) is 3.49. The topological polar surface area (TPSA) is 71.0 Å². The first kappa shape index (κ1) is 17.3. The number of rotatable bonds is 4. The third kappa shape index (κ3) is 4.53. The van der Waals surface area contributed by atoms with E-state index >= 15 is 0 Å². The summed E-state index contributed by atoms with van der Waals surface area (Å²) >= 11 is 0. The predicted octanol–water partition coefficient (Wildman–Crippen LogP) is 2.71. The van der Waals surface area contributed by atoms with Crippen LogP contribution in [0.4, 0.5) is 5.82 Å². The third-order valence-corrected chi connectivity index (χ3v) is 4.70. The Hall–Kier alpha value is -2.50. The van der Waals surface area contributed by atoms with Gasteiger partial charge >= 0.3 is 0 Å². The number of likely N-dealkylation sites (tertiary alicyclic amines) is 1. The highest BCUT2D eigenvalue weighted by Crippen LogP contribution is 2.22. The molecule has 0 aromatic carbocycles. The van der Waals surface area contributed by atoms with Gasteiger partial charge in [-0.3, -0.25) is 9.78 Å². The van der Waals surface area contributed by atoms with Gasteiger partial charge in [0.15, 0.2) is 0 Å². The number of amides is 1. The number of anilines is 1. The lowest BCUT2D eigenvalue weighted by atomic mass is 9.95. The van der Waals surface area contributed by atoms with Crippen LogP contribution in [0.2, 0.25) is 0 Å². The zero-order valence-electron chi connectivity index (χ0n) is 14.9. The standard InChI is InChI=1S/C19H25N5O/c1-14-5-3-7-17(23-14)19(25)24-9-4-6-15(8-10-24)11-16-12-22-18(20-2)13-21-16/h3,5,7,12-13,15H,4,6,8-11H2,1-2H3,(H,20,22)/t15-/m0/s1. The molecule has 0 aliphatic carbocycles. The number of carbonyl (C=O) groups excluding carboxylic acids is 1. The first-order chi connectivity index (χ1) is 12.2. The lowest BCUT2D eigenvalue weighted by Gasteiger charge is -2.20. The van der Waals surface area contributed by atoms with Crippen LogP contribution in [0.15, 0.2) is 30.6 Å². The molecule has 0 spiro atoms. The molecule has 6 heteroatoms. The van der Waals surface area contributed by atoms with Crippen molar-refractivity contribution in [3.63, 3.8) is 0 Å². The molecule has 6 nitrogen and oxygen atoms in total. The van der Waals surface area contributed by atoms with Gasteiger partial charge in [-0.05, 0) is 50.7 Å². The van der Waals surface area contributed by atoms with Crippen LogP contribution in [0.3, 0.4) is 0 Å². The van der Waals surface area contributed by atoms with Crippen LogP contribution < -0.4 is 5.32 Å². The molecule has 25 heavy (non-hydrogen) atoms. The Balaban J connectivity index is 1.59. The first-order valence-electron chi connectivity index (χ1n) is 8.87. The highest BCUT2D eigenvalue weighted by molar-refractivity contribution is 5.92. The molecule has 1 aliphatic heterocycles. The first-order valence-corrected chi connectivity index (χ1v) is 8.87. The van der Waals surface area contributed by atoms with Crippen molar-refractivity contribution >= 4 is 11.7 Å². The van der Waals surface area contributed by atoms with Crippen molar-refractivity contribution < 1.29 is 4.79 Å². The molecule has 3 rings (SSSR count). The number of aryl methyl sites for hydroxylation is 1. The van der Waals surface area contributed by atoms with E-state index in [2.05, 4.69) is 20.3 Å². The SMILES string of the molecule is CNc1cnc(C[C@H]2CCCN(C(=O)c3cccc(C)n3)CC2)cn1. The van der Waals surface area contributed by atoms with Gasteiger partial charge in [0.05, 0.1) is 18.1 Å². The Kier molecular flexibility index (Phi) is 5.58. The van der Waals surface area contributed by atoms with Crippen molar-refractivity contribution in [3.05, 3.63) is 47.7 Å². The molecule has 1 saturated heterocycles. The molecule has 1 aliphatic rings. The van der Waals surface area contributed by atoms with Crippen LogP contribution in [0.25, 0.3) is 0 Å². The molecule has 2 aromatic rings. The summed E-state index contributed by atoms with van der Waals surface area (Å²) in [4.78, 5) is 27.8. The molecule has 1 amide bonds. The van der Waals surface area contributed by atoms with E-state index in [0.717, 1.165) is 56.0 Å². The Morgan fingerprint density at radius 2 is 2.12 bits per heavy atom. The Labute approximate surface area is 148 Å². The second-order valence-electron chi connectivity index (χ2n) is 6.60. The van der Waals surface area contributed by atoms with Crippen molar-refractivity contribution in [2.24, 2.45) is 5.92 Å². The molecule has 3 heterocycles. The van der Waals surface area contributed by atoms with E-state index in [4.69, 9.17) is 0 Å². The van der Waals surface area contributed by atoms with Crippen molar-refractivity contribution in [2.45, 2.75) is 32.6 Å². The largest absolute Gasteiger partial charge is 0.372 e. The van der Waals surface area contributed by atoms with Crippen LogP contribution in [0.5, 0.6) is 0 Å². The second-order valence-corrected chi connectivity index (χ2v) is 6.60. The minimum Gasteiger partial charge on any atom is -0.372 e. The average Bonchev–Trinajstić information content (AvgIpc) is 2.87. The average molecular weight is 339 g/mol. The Morgan fingerprint density at radius 3 is 2.84 bits per heavy atom. The van der Waals surface area contributed by atoms with Crippen LogP contribution in [0.1, 0.15) is 41.1 Å². The van der Waals surface area contributed by atoms with Crippen LogP contribution in [-0.4, -0.2) is 45.9 Å². The molecule has 1 fully saturated rings. The van der Waals surface area contributed by atoms with Gasteiger partial charge in [-0.25, -0.2) is 9.97 Å². The molecular weight excluding hydrogens is 314 g/mol. The molecule has 0 unspecified atom stereocenters. The maximum absolute atomic E-state index is 12.7. The molecule has 0 bridgehead atoms. The number of nitrogens with one attached hydrogen (secondary N) is 1. The number of hydrogen-bond donors (Lipinski definition) is 1. The molecule has 132 valence electrons. The van der Waals surface area contributed by atoms with Crippen molar-refractivity contribution in [1.82, 2.24) is 19.9 Å². The summed E-state index contributed by atoms with van der Waals surface area (Å²) in [6, 6.07) is 5.61. The van der Waals surface area contributed by atoms with Crippen LogP contribution >= 0.6 is 0 Å². The quantitative estimate of drug-likeness (QED) is 0.927. The van der Waals surface area contributed by atoms with Gasteiger partial charge in [-0.2, -0.15) is 0 Å². The molecular formula is C19H25N5O. The number of nitrogens with zero attached hydrogens (tertiary/aromatic N) is 4. The van der Waals surface area contributed by atoms with Crippen molar-refractivity contribution in [2.75, 3.05) is 25.5 Å². The van der Waals surface area contributed by atoms with Gasteiger partial charge in [-0.1, -0.05) is 6.07 Å². The zero-order valence-corrected chi connectivity index (χ0v) is 14.9. The predicted molar refractivity (Wildman–Crippen MR) is 97.5 cm³/mol. The Bertz CT molecular complexity index is 716. The maximum atomic E-state index is 12.7. The van der Waals surface area contributed by atoms with Crippen LogP contribution in [-0.2, 0) is 6.42 Å². The lowest BCUT2D eigenvalue weighted by molar-refractivity contribution is 0.0754. The smallest absolute Gasteiger partial charge is 0.272 e. The fourth-order valence-electron chi connectivity index (χ4n) is 3.28. The molecule has 1 N–H and O–H groups in total. The molecule has 0 saturated carbocycles. The van der Waals surface area contributed by atoms with E-state index in [1.165, 1.54) is 0 Å². The van der Waals surface area contributed by atoms with E-state index in [-0.39, 0.29) is 5.91 Å². The molecule has 1 atom stereocenters. The van der Waals surface area contributed by atoms with Crippen LogP contribution in [0, 0.1) is 12.8 Å². The monoisotopic (exact) mass is 339 g/mol. The van der Waals surface area contributed by atoms with Crippen molar-refractivity contribution in [3.8, 4) is 0 Å². The fourth-order valence-corrected chi connectivity index (χ4v) is 3.28. The minimum absolute atomic E-state index is 0.0440. The summed E-state index contributed by atoms with van der Waals surface area (Å²) in [5.41, 5.74) is 2.44. The normalized spacial score (nSPS) is 17.8. The highest BCUT2D eigenvalue weighted by atomic mass is 16.2. The van der Waals surface area contributed by atoms with Gasteiger partial charge in [-0.15, -0.1) is 0 Å². The summed E-state index contributed by atoms with van der Waals surface area (Å²) in [5, 5.41) is 2.98. The van der Waals surface area contributed by atoms with Gasteiger partial charge in [0.1, 0.15) is 11.5 Å². The second kappa shape index (κ2) is 8.05. The maximum Gasteiger partial charge on any atom is 0.272 e. The number of pyridine rings is 1.